The van der Waals surface area contributed by atoms with Gasteiger partial charge in [-0.3, -0.25) is 4.79 Å². The lowest BCUT2D eigenvalue weighted by atomic mass is 9.89. The van der Waals surface area contributed by atoms with Crippen LogP contribution < -0.4 is 11.1 Å². The molecule has 0 aliphatic carbocycles. The number of hydrogen-bond acceptors (Lipinski definition) is 5. The molecule has 1 aliphatic rings. The molecule has 1 fully saturated rings. The van der Waals surface area contributed by atoms with Crippen LogP contribution in [-0.2, 0) is 21.9 Å². The maximum absolute atomic E-state index is 12.8. The molecule has 0 spiro atoms. The highest BCUT2D eigenvalue weighted by atomic mass is 32.2. The fourth-order valence-electron chi connectivity index (χ4n) is 3.63. The van der Waals surface area contributed by atoms with E-state index in [9.17, 15) is 13.2 Å². The highest BCUT2D eigenvalue weighted by molar-refractivity contribution is 7.89. The summed E-state index contributed by atoms with van der Waals surface area (Å²) in [6, 6.07) is 0. The molecule has 1 unspecified atom stereocenters. The summed E-state index contributed by atoms with van der Waals surface area (Å²) in [5, 5.41) is 3.16. The molecule has 154 valence electrons. The molecule has 1 aromatic rings. The summed E-state index contributed by atoms with van der Waals surface area (Å²) in [5.74, 6) is 0.844. The first-order chi connectivity index (χ1) is 12.5. The zero-order valence-corrected chi connectivity index (χ0v) is 17.8. The number of rotatable bonds is 7. The molecule has 1 aliphatic heterocycles. The number of piperidine rings is 1. The Morgan fingerprint density at radius 1 is 1.41 bits per heavy atom. The van der Waals surface area contributed by atoms with Crippen molar-refractivity contribution in [1.29, 1.82) is 0 Å². The molecule has 0 bridgehead atoms. The van der Waals surface area contributed by atoms with Crippen LogP contribution in [-0.4, -0.2) is 53.4 Å². The summed E-state index contributed by atoms with van der Waals surface area (Å²) in [4.78, 5) is 16.8. The highest BCUT2D eigenvalue weighted by Crippen LogP contribution is 2.25. The third-order valence-electron chi connectivity index (χ3n) is 5.25. The SMILES string of the molecule is Cc1nc(S(=O)(=O)N2CCC(C(=O)NC(C)(CN)CC(C)C)CC2)cn1C. The molecule has 0 radical (unpaired) electrons. The van der Waals surface area contributed by atoms with Gasteiger partial charge in [0.2, 0.25) is 5.91 Å². The molecular formula is C18H33N5O3S. The van der Waals surface area contributed by atoms with Crippen molar-refractivity contribution in [2.24, 2.45) is 24.6 Å². The van der Waals surface area contributed by atoms with Crippen molar-refractivity contribution in [2.75, 3.05) is 19.6 Å². The van der Waals surface area contributed by atoms with Crippen molar-refractivity contribution in [3.63, 3.8) is 0 Å². The Balaban J connectivity index is 1.99. The van der Waals surface area contributed by atoms with Crippen molar-refractivity contribution >= 4 is 15.9 Å². The quantitative estimate of drug-likeness (QED) is 0.711. The van der Waals surface area contributed by atoms with Gasteiger partial charge in [0.05, 0.1) is 0 Å². The Hall–Kier alpha value is -1.45. The maximum atomic E-state index is 12.8. The monoisotopic (exact) mass is 399 g/mol. The Kier molecular flexibility index (Phi) is 6.70. The van der Waals surface area contributed by atoms with Gasteiger partial charge in [0.25, 0.3) is 10.0 Å². The van der Waals surface area contributed by atoms with E-state index >= 15 is 0 Å². The van der Waals surface area contributed by atoms with E-state index in [2.05, 4.69) is 24.1 Å². The molecule has 8 nitrogen and oxygen atoms in total. The minimum Gasteiger partial charge on any atom is -0.349 e. The predicted molar refractivity (Wildman–Crippen MR) is 104 cm³/mol. The van der Waals surface area contributed by atoms with Gasteiger partial charge in [-0.25, -0.2) is 13.4 Å². The van der Waals surface area contributed by atoms with E-state index in [0.717, 1.165) is 6.42 Å². The number of hydrogen-bond donors (Lipinski definition) is 2. The fourth-order valence-corrected chi connectivity index (χ4v) is 5.12. The lowest BCUT2D eigenvalue weighted by Gasteiger charge is -2.35. The first-order valence-corrected chi connectivity index (χ1v) is 10.9. The normalized spacial score (nSPS) is 19.2. The summed E-state index contributed by atoms with van der Waals surface area (Å²) in [5.41, 5.74) is 5.45. The van der Waals surface area contributed by atoms with Crippen LogP contribution in [0.5, 0.6) is 0 Å². The van der Waals surface area contributed by atoms with Crippen molar-refractivity contribution in [1.82, 2.24) is 19.2 Å². The average molecular weight is 400 g/mol. The number of sulfonamides is 1. The number of amides is 1. The predicted octanol–water partition coefficient (Wildman–Crippen LogP) is 1.01. The molecular weight excluding hydrogens is 366 g/mol. The molecule has 2 heterocycles. The Labute approximate surface area is 162 Å². The summed E-state index contributed by atoms with van der Waals surface area (Å²) in [7, 11) is -1.85. The Morgan fingerprint density at radius 2 is 2.00 bits per heavy atom. The van der Waals surface area contributed by atoms with Gasteiger partial charge < -0.3 is 15.6 Å². The third-order valence-corrected chi connectivity index (χ3v) is 7.02. The van der Waals surface area contributed by atoms with Crippen LogP contribution in [0, 0.1) is 18.8 Å². The molecule has 27 heavy (non-hydrogen) atoms. The third kappa shape index (κ3) is 5.08. The summed E-state index contributed by atoms with van der Waals surface area (Å²) < 4.78 is 28.6. The van der Waals surface area contributed by atoms with Crippen LogP contribution in [0.15, 0.2) is 11.2 Å². The number of carbonyl (C=O) groups is 1. The van der Waals surface area contributed by atoms with E-state index < -0.39 is 15.6 Å². The maximum Gasteiger partial charge on any atom is 0.262 e. The van der Waals surface area contributed by atoms with Crippen molar-refractivity contribution < 1.29 is 13.2 Å². The molecule has 9 heteroatoms. The van der Waals surface area contributed by atoms with Gasteiger partial charge >= 0.3 is 0 Å². The van der Waals surface area contributed by atoms with Crippen molar-refractivity contribution in [3.8, 4) is 0 Å². The lowest BCUT2D eigenvalue weighted by Crippen LogP contribution is -2.55. The van der Waals surface area contributed by atoms with Crippen LogP contribution in [0.4, 0.5) is 0 Å². The number of nitrogens with one attached hydrogen (secondary N) is 1. The minimum atomic E-state index is -3.62. The first-order valence-electron chi connectivity index (χ1n) is 9.50. The molecule has 1 amide bonds. The summed E-state index contributed by atoms with van der Waals surface area (Å²) in [6.07, 6.45) is 3.34. The standard InChI is InChI=1S/C18H33N5O3S/c1-13(2)10-18(4,12-19)21-17(24)15-6-8-23(9-7-15)27(25,26)16-11-22(5)14(3)20-16/h11,13,15H,6-10,12,19H2,1-5H3,(H,21,24). The van der Waals surface area contributed by atoms with Gasteiger partial charge in [-0.05, 0) is 39.0 Å². The molecule has 0 aromatic carbocycles. The number of aromatic nitrogens is 2. The summed E-state index contributed by atoms with van der Waals surface area (Å²) >= 11 is 0. The largest absolute Gasteiger partial charge is 0.349 e. The van der Waals surface area contributed by atoms with E-state index in [0.29, 0.717) is 44.2 Å². The van der Waals surface area contributed by atoms with E-state index in [-0.39, 0.29) is 16.9 Å². The minimum absolute atomic E-state index is 0.0330. The Morgan fingerprint density at radius 3 is 2.44 bits per heavy atom. The second-order valence-corrected chi connectivity index (χ2v) is 10.2. The Bertz CT molecular complexity index is 746. The van der Waals surface area contributed by atoms with Crippen molar-refractivity contribution in [3.05, 3.63) is 12.0 Å². The van der Waals surface area contributed by atoms with Crippen LogP contribution in [0.1, 0.15) is 45.9 Å². The highest BCUT2D eigenvalue weighted by Gasteiger charge is 2.35. The first kappa shape index (κ1) is 21.8. The van der Waals surface area contributed by atoms with Gasteiger partial charge in [0.1, 0.15) is 5.82 Å². The van der Waals surface area contributed by atoms with E-state index in [1.165, 1.54) is 10.5 Å². The van der Waals surface area contributed by atoms with Crippen LogP contribution in [0.3, 0.4) is 0 Å². The lowest BCUT2D eigenvalue weighted by molar-refractivity contribution is -0.128. The second-order valence-electron chi connectivity index (χ2n) is 8.27. The van der Waals surface area contributed by atoms with E-state index in [4.69, 9.17) is 5.73 Å². The van der Waals surface area contributed by atoms with Gasteiger partial charge in [-0.2, -0.15) is 4.31 Å². The van der Waals surface area contributed by atoms with Crippen LogP contribution >= 0.6 is 0 Å². The smallest absolute Gasteiger partial charge is 0.262 e. The van der Waals surface area contributed by atoms with E-state index in [1.54, 1.807) is 18.5 Å². The zero-order chi connectivity index (χ0) is 20.4. The summed E-state index contributed by atoms with van der Waals surface area (Å²) in [6.45, 7) is 8.95. The number of imidazole rings is 1. The molecule has 1 atom stereocenters. The number of nitrogens with zero attached hydrogens (tertiary/aromatic N) is 3. The van der Waals surface area contributed by atoms with E-state index in [1.807, 2.05) is 6.92 Å². The van der Waals surface area contributed by atoms with Crippen LogP contribution in [0.25, 0.3) is 0 Å². The second kappa shape index (κ2) is 8.28. The number of nitrogens with two attached hydrogens (primary N) is 1. The molecule has 1 saturated heterocycles. The van der Waals surface area contributed by atoms with Gasteiger partial charge in [-0.15, -0.1) is 0 Å². The fraction of sp³-hybridized carbons (Fsp3) is 0.778. The van der Waals surface area contributed by atoms with Gasteiger partial charge in [-0.1, -0.05) is 13.8 Å². The number of carbonyl (C=O) groups excluding carboxylic acids is 1. The molecule has 1 aromatic heterocycles. The average Bonchev–Trinajstić information content (AvgIpc) is 2.94. The molecule has 0 saturated carbocycles. The van der Waals surface area contributed by atoms with Crippen molar-refractivity contribution in [2.45, 2.75) is 57.5 Å². The van der Waals surface area contributed by atoms with Crippen LogP contribution in [0.2, 0.25) is 0 Å². The molecule has 2 rings (SSSR count). The number of aryl methyl sites for hydroxylation is 2. The van der Waals surface area contributed by atoms with Gasteiger partial charge in [0.15, 0.2) is 5.03 Å². The molecule has 3 N–H and O–H groups in total. The van der Waals surface area contributed by atoms with Gasteiger partial charge in [0, 0.05) is 44.3 Å². The zero-order valence-electron chi connectivity index (χ0n) is 17.0. The topological polar surface area (TPSA) is 110 Å².